The molecule has 0 aliphatic rings. The van der Waals surface area contributed by atoms with Gasteiger partial charge in [0, 0.05) is 31.4 Å². The molecule has 0 fully saturated rings. The van der Waals surface area contributed by atoms with Gasteiger partial charge in [0.1, 0.15) is 5.69 Å². The van der Waals surface area contributed by atoms with Gasteiger partial charge in [-0.25, -0.2) is 0 Å². The van der Waals surface area contributed by atoms with Crippen LogP contribution in [0.3, 0.4) is 0 Å². The first-order valence-corrected chi connectivity index (χ1v) is 6.96. The summed E-state index contributed by atoms with van der Waals surface area (Å²) in [6.45, 7) is 5.82. The van der Waals surface area contributed by atoms with Gasteiger partial charge < -0.3 is 5.32 Å². The van der Waals surface area contributed by atoms with E-state index in [9.17, 15) is 10.1 Å². The summed E-state index contributed by atoms with van der Waals surface area (Å²) in [6.07, 6.45) is 1.90. The minimum Gasteiger partial charge on any atom is -0.312 e. The fourth-order valence-electron chi connectivity index (χ4n) is 2.22. The second kappa shape index (κ2) is 6.49. The summed E-state index contributed by atoms with van der Waals surface area (Å²) in [5.41, 5.74) is 2.28. The van der Waals surface area contributed by atoms with Crippen LogP contribution in [-0.4, -0.2) is 21.2 Å². The Morgan fingerprint density at radius 1 is 1.38 bits per heavy atom. The van der Waals surface area contributed by atoms with E-state index in [-0.39, 0.29) is 10.6 Å². The second-order valence-electron chi connectivity index (χ2n) is 5.48. The molecule has 2 aromatic rings. The lowest BCUT2D eigenvalue weighted by Crippen LogP contribution is -2.19. The zero-order chi connectivity index (χ0) is 15.4. The first-order valence-electron chi connectivity index (χ1n) is 6.96. The van der Waals surface area contributed by atoms with Crippen molar-refractivity contribution in [3.8, 4) is 11.3 Å². The zero-order valence-corrected chi connectivity index (χ0v) is 12.5. The molecule has 0 atom stereocenters. The lowest BCUT2D eigenvalue weighted by molar-refractivity contribution is -0.384. The van der Waals surface area contributed by atoms with E-state index < -0.39 is 0 Å². The maximum Gasteiger partial charge on any atom is 0.278 e. The van der Waals surface area contributed by atoms with Gasteiger partial charge in [-0.2, -0.15) is 5.10 Å². The number of para-hydroxylation sites is 1. The number of hydrogen-bond acceptors (Lipinski definition) is 4. The van der Waals surface area contributed by atoms with Crippen LogP contribution in [0.4, 0.5) is 5.69 Å². The van der Waals surface area contributed by atoms with E-state index in [1.807, 2.05) is 13.2 Å². The van der Waals surface area contributed by atoms with Gasteiger partial charge >= 0.3 is 0 Å². The standard InChI is InChI=1S/C15H20N4O2/c1-11(2)8-16-9-12-10-18(3)17-15(12)13-6-4-5-7-14(13)19(20)21/h4-7,10-11,16H,8-9H2,1-3H3. The summed E-state index contributed by atoms with van der Waals surface area (Å²) in [5.74, 6) is 0.552. The average Bonchev–Trinajstić information content (AvgIpc) is 2.79. The molecule has 1 aromatic heterocycles. The normalized spacial score (nSPS) is 11.0. The molecule has 0 aliphatic heterocycles. The van der Waals surface area contributed by atoms with Crippen molar-refractivity contribution in [3.05, 3.63) is 46.1 Å². The van der Waals surface area contributed by atoms with Crippen LogP contribution in [0.5, 0.6) is 0 Å². The number of nitrogens with zero attached hydrogens (tertiary/aromatic N) is 3. The van der Waals surface area contributed by atoms with Crippen molar-refractivity contribution >= 4 is 5.69 Å². The van der Waals surface area contributed by atoms with Gasteiger partial charge in [0.25, 0.3) is 5.69 Å². The molecule has 6 heteroatoms. The van der Waals surface area contributed by atoms with Crippen molar-refractivity contribution in [2.45, 2.75) is 20.4 Å². The Bertz CT molecular complexity index is 634. The Labute approximate surface area is 123 Å². The van der Waals surface area contributed by atoms with Crippen LogP contribution in [0, 0.1) is 16.0 Å². The van der Waals surface area contributed by atoms with Crippen LogP contribution in [-0.2, 0) is 13.6 Å². The van der Waals surface area contributed by atoms with Crippen LogP contribution in [0.1, 0.15) is 19.4 Å². The summed E-state index contributed by atoms with van der Waals surface area (Å²) >= 11 is 0. The Morgan fingerprint density at radius 3 is 2.76 bits per heavy atom. The van der Waals surface area contributed by atoms with Gasteiger partial charge in [-0.15, -0.1) is 0 Å². The number of rotatable bonds is 6. The summed E-state index contributed by atoms with van der Waals surface area (Å²) < 4.78 is 1.69. The highest BCUT2D eigenvalue weighted by molar-refractivity contribution is 5.72. The Kier molecular flexibility index (Phi) is 4.70. The maximum atomic E-state index is 11.2. The molecular weight excluding hydrogens is 268 g/mol. The SMILES string of the molecule is CC(C)CNCc1cn(C)nc1-c1ccccc1[N+](=O)[O-]. The van der Waals surface area contributed by atoms with E-state index in [0.29, 0.717) is 23.7 Å². The molecule has 1 heterocycles. The van der Waals surface area contributed by atoms with Crippen LogP contribution in [0.15, 0.2) is 30.5 Å². The van der Waals surface area contributed by atoms with Crippen LogP contribution in [0.2, 0.25) is 0 Å². The van der Waals surface area contributed by atoms with Gasteiger partial charge in [0.2, 0.25) is 0 Å². The fraction of sp³-hybridized carbons (Fsp3) is 0.400. The lowest BCUT2D eigenvalue weighted by Gasteiger charge is -2.07. The van der Waals surface area contributed by atoms with E-state index in [1.54, 1.807) is 22.9 Å². The van der Waals surface area contributed by atoms with Crippen molar-refractivity contribution in [3.63, 3.8) is 0 Å². The van der Waals surface area contributed by atoms with E-state index >= 15 is 0 Å². The lowest BCUT2D eigenvalue weighted by atomic mass is 10.1. The second-order valence-corrected chi connectivity index (χ2v) is 5.48. The van der Waals surface area contributed by atoms with Crippen LogP contribution >= 0.6 is 0 Å². The highest BCUT2D eigenvalue weighted by Gasteiger charge is 2.19. The van der Waals surface area contributed by atoms with Gasteiger partial charge in [0.15, 0.2) is 0 Å². The third kappa shape index (κ3) is 3.66. The number of nitrogens with one attached hydrogen (secondary N) is 1. The molecule has 2 rings (SSSR count). The van der Waals surface area contributed by atoms with Crippen molar-refractivity contribution in [2.75, 3.05) is 6.54 Å². The van der Waals surface area contributed by atoms with E-state index in [2.05, 4.69) is 24.3 Å². The molecule has 0 bridgehead atoms. The quantitative estimate of drug-likeness (QED) is 0.655. The first kappa shape index (κ1) is 15.2. The molecular formula is C15H20N4O2. The molecule has 0 spiro atoms. The molecule has 0 unspecified atom stereocenters. The average molecular weight is 288 g/mol. The van der Waals surface area contributed by atoms with Crippen molar-refractivity contribution in [2.24, 2.45) is 13.0 Å². The molecule has 21 heavy (non-hydrogen) atoms. The Morgan fingerprint density at radius 2 is 2.10 bits per heavy atom. The molecule has 6 nitrogen and oxygen atoms in total. The highest BCUT2D eigenvalue weighted by atomic mass is 16.6. The number of nitro groups is 1. The summed E-state index contributed by atoms with van der Waals surface area (Å²) in [6, 6.07) is 6.71. The van der Waals surface area contributed by atoms with Gasteiger partial charge in [-0.1, -0.05) is 26.0 Å². The van der Waals surface area contributed by atoms with Gasteiger partial charge in [-0.3, -0.25) is 14.8 Å². The van der Waals surface area contributed by atoms with Crippen molar-refractivity contribution in [1.82, 2.24) is 15.1 Å². The largest absolute Gasteiger partial charge is 0.312 e. The molecule has 1 aromatic carbocycles. The van der Waals surface area contributed by atoms with Gasteiger partial charge in [-0.05, 0) is 18.5 Å². The van der Waals surface area contributed by atoms with Crippen LogP contribution in [0.25, 0.3) is 11.3 Å². The zero-order valence-electron chi connectivity index (χ0n) is 12.5. The summed E-state index contributed by atoms with van der Waals surface area (Å²) in [7, 11) is 1.82. The third-order valence-corrected chi connectivity index (χ3v) is 3.13. The smallest absolute Gasteiger partial charge is 0.278 e. The number of benzene rings is 1. The summed E-state index contributed by atoms with van der Waals surface area (Å²) in [4.78, 5) is 10.8. The fourth-order valence-corrected chi connectivity index (χ4v) is 2.22. The van der Waals surface area contributed by atoms with E-state index in [4.69, 9.17) is 0 Å². The predicted molar refractivity (Wildman–Crippen MR) is 81.8 cm³/mol. The predicted octanol–water partition coefficient (Wildman–Crippen LogP) is 2.74. The van der Waals surface area contributed by atoms with Crippen molar-refractivity contribution < 1.29 is 4.92 Å². The maximum absolute atomic E-state index is 11.2. The molecule has 0 radical (unpaired) electrons. The Hall–Kier alpha value is -2.21. The van der Waals surface area contributed by atoms with Gasteiger partial charge in [0.05, 0.1) is 10.5 Å². The highest BCUT2D eigenvalue weighted by Crippen LogP contribution is 2.30. The minimum atomic E-state index is -0.366. The number of aryl methyl sites for hydroxylation is 1. The number of aromatic nitrogens is 2. The molecule has 0 saturated carbocycles. The van der Waals surface area contributed by atoms with Crippen LogP contribution < -0.4 is 5.32 Å². The third-order valence-electron chi connectivity index (χ3n) is 3.13. The molecule has 0 amide bonds. The number of nitro benzene ring substituents is 1. The molecule has 0 saturated heterocycles. The number of hydrogen-bond donors (Lipinski definition) is 1. The minimum absolute atomic E-state index is 0.0845. The summed E-state index contributed by atoms with van der Waals surface area (Å²) in [5, 5.41) is 18.9. The monoisotopic (exact) mass is 288 g/mol. The molecule has 1 N–H and O–H groups in total. The first-order chi connectivity index (χ1) is 9.99. The Balaban J connectivity index is 2.34. The molecule has 0 aliphatic carbocycles. The van der Waals surface area contributed by atoms with E-state index in [1.165, 1.54) is 6.07 Å². The van der Waals surface area contributed by atoms with Crippen molar-refractivity contribution in [1.29, 1.82) is 0 Å². The topological polar surface area (TPSA) is 73.0 Å². The van der Waals surface area contributed by atoms with E-state index in [0.717, 1.165) is 12.1 Å². The molecule has 112 valence electrons.